The van der Waals surface area contributed by atoms with Crippen molar-refractivity contribution in [3.05, 3.63) is 40.7 Å². The first-order valence-corrected chi connectivity index (χ1v) is 9.43. The number of rotatable bonds is 7. The van der Waals surface area contributed by atoms with Crippen LogP contribution in [-0.2, 0) is 9.59 Å². The summed E-state index contributed by atoms with van der Waals surface area (Å²) in [5.41, 5.74) is 0.829. The Bertz CT molecular complexity index is 927. The molecule has 1 unspecified atom stereocenters. The zero-order chi connectivity index (χ0) is 21.0. The van der Waals surface area contributed by atoms with Gasteiger partial charge in [-0.3, -0.25) is 9.59 Å². The van der Waals surface area contributed by atoms with Gasteiger partial charge in [0.25, 0.3) is 0 Å². The van der Waals surface area contributed by atoms with E-state index >= 15 is 0 Å². The number of hydrogen-bond acceptors (Lipinski definition) is 7. The number of carbonyl (C=O) groups is 2. The van der Waals surface area contributed by atoms with Crippen molar-refractivity contribution in [2.24, 2.45) is 0 Å². The molecule has 0 saturated carbocycles. The summed E-state index contributed by atoms with van der Waals surface area (Å²) < 4.78 is 14.2. The van der Waals surface area contributed by atoms with Gasteiger partial charge in [-0.25, -0.2) is 19.3 Å². The minimum Gasteiger partial charge on any atom is -0.369 e. The summed E-state index contributed by atoms with van der Waals surface area (Å²) in [7, 11) is 1.52. The largest absolute Gasteiger partial charge is 0.369 e. The molecule has 0 bridgehead atoms. The maximum Gasteiger partial charge on any atom is 0.242 e. The van der Waals surface area contributed by atoms with Gasteiger partial charge in [-0.2, -0.15) is 0 Å². The van der Waals surface area contributed by atoms with Crippen molar-refractivity contribution < 1.29 is 14.0 Å². The number of amides is 2. The Hall–Kier alpha value is -3.01. The molecule has 0 aromatic carbocycles. The first-order chi connectivity index (χ1) is 13.9. The fraction of sp³-hybridized carbons (Fsp3) is 0.389. The van der Waals surface area contributed by atoms with Crippen LogP contribution in [0.1, 0.15) is 30.7 Å². The summed E-state index contributed by atoms with van der Waals surface area (Å²) >= 11 is 6.03. The van der Waals surface area contributed by atoms with Crippen LogP contribution in [0.4, 0.5) is 16.0 Å². The number of halogens is 2. The van der Waals surface area contributed by atoms with Gasteiger partial charge in [0.05, 0.1) is 17.1 Å². The van der Waals surface area contributed by atoms with Gasteiger partial charge < -0.3 is 21.3 Å². The van der Waals surface area contributed by atoms with E-state index in [1.807, 2.05) is 0 Å². The van der Waals surface area contributed by atoms with Crippen LogP contribution in [-0.4, -0.2) is 52.9 Å². The molecule has 2 amide bonds. The molecule has 1 aliphatic heterocycles. The molecule has 3 heterocycles. The third-order valence-corrected chi connectivity index (χ3v) is 4.69. The van der Waals surface area contributed by atoms with Gasteiger partial charge >= 0.3 is 0 Å². The van der Waals surface area contributed by atoms with Gasteiger partial charge in [0.15, 0.2) is 11.6 Å². The molecule has 4 N–H and O–H groups in total. The van der Waals surface area contributed by atoms with Crippen LogP contribution in [0.2, 0.25) is 5.02 Å². The first-order valence-electron chi connectivity index (χ1n) is 9.05. The Labute approximate surface area is 171 Å². The smallest absolute Gasteiger partial charge is 0.242 e. The predicted octanol–water partition coefficient (Wildman–Crippen LogP) is 1.27. The Balaban J connectivity index is 1.69. The van der Waals surface area contributed by atoms with Crippen molar-refractivity contribution in [2.75, 3.05) is 30.8 Å². The maximum atomic E-state index is 14.2. The summed E-state index contributed by atoms with van der Waals surface area (Å²) in [6.07, 6.45) is 2.77. The highest BCUT2D eigenvalue weighted by Crippen LogP contribution is 2.35. The topological polar surface area (TPSA) is 121 Å². The first kappa shape index (κ1) is 20.7. The monoisotopic (exact) mass is 421 g/mol. The molecule has 2 aromatic rings. The van der Waals surface area contributed by atoms with Gasteiger partial charge in [-0.05, 0) is 13.0 Å². The number of hydrogen-bond donors (Lipinski definition) is 4. The van der Waals surface area contributed by atoms with Crippen molar-refractivity contribution in [3.8, 4) is 0 Å². The fourth-order valence-corrected chi connectivity index (χ4v) is 3.07. The van der Waals surface area contributed by atoms with Crippen LogP contribution in [0.5, 0.6) is 0 Å². The number of carbonyl (C=O) groups excluding carboxylic acids is 2. The lowest BCUT2D eigenvalue weighted by atomic mass is 10.0. The molecule has 9 nitrogen and oxygen atoms in total. The van der Waals surface area contributed by atoms with E-state index in [0.717, 1.165) is 11.8 Å². The van der Waals surface area contributed by atoms with E-state index in [1.165, 1.54) is 7.05 Å². The fourth-order valence-electron chi connectivity index (χ4n) is 2.91. The van der Waals surface area contributed by atoms with Gasteiger partial charge in [0.2, 0.25) is 11.8 Å². The Morgan fingerprint density at radius 3 is 2.93 bits per heavy atom. The molecule has 29 heavy (non-hydrogen) atoms. The van der Waals surface area contributed by atoms with E-state index in [2.05, 4.69) is 36.2 Å². The van der Waals surface area contributed by atoms with E-state index in [-0.39, 0.29) is 36.5 Å². The lowest BCUT2D eigenvalue weighted by Crippen LogP contribution is -2.39. The molecule has 0 aliphatic carbocycles. The van der Waals surface area contributed by atoms with E-state index in [1.54, 1.807) is 19.2 Å². The average Bonchev–Trinajstić information content (AvgIpc) is 3.12. The molecule has 2 atom stereocenters. The second kappa shape index (κ2) is 8.99. The second-order valence-corrected chi connectivity index (χ2v) is 6.97. The molecule has 1 aliphatic rings. The van der Waals surface area contributed by atoms with Crippen molar-refractivity contribution in [1.82, 2.24) is 25.6 Å². The van der Waals surface area contributed by atoms with Crippen molar-refractivity contribution >= 4 is 35.1 Å². The highest BCUT2D eigenvalue weighted by atomic mass is 35.5. The number of nitrogens with zero attached hydrogens (tertiary/aromatic N) is 3. The molecule has 154 valence electrons. The molecule has 11 heteroatoms. The minimum atomic E-state index is -0.762. The number of pyridine rings is 1. The van der Waals surface area contributed by atoms with Gasteiger partial charge in [-0.15, -0.1) is 0 Å². The van der Waals surface area contributed by atoms with Crippen LogP contribution in [0.25, 0.3) is 0 Å². The number of nitrogens with one attached hydrogen (secondary N) is 4. The standard InChI is InChI=1S/C18H21ClFN7O2/c1-9(18(29)22-4-3-14(28)21-2)26-17-13(20)8-25-16(27-17)12-7-24-15-11(12)5-10(19)6-23-15/h5-6,8-9,12H,3-4,7H2,1-2H3,(H,21,28)(H,22,29)(H,23,24)(H,25,26,27)/t9-,12?/m0/s1. The van der Waals surface area contributed by atoms with Crippen LogP contribution in [0.3, 0.4) is 0 Å². The SMILES string of the molecule is CNC(=O)CCNC(=O)[C@H](C)Nc1nc(C2CNc3ncc(Cl)cc32)ncc1F. The summed E-state index contributed by atoms with van der Waals surface area (Å²) in [5.74, 6) is -0.479. The highest BCUT2D eigenvalue weighted by molar-refractivity contribution is 6.30. The molecule has 0 saturated heterocycles. The van der Waals surface area contributed by atoms with E-state index < -0.39 is 11.9 Å². The predicted molar refractivity (Wildman–Crippen MR) is 106 cm³/mol. The summed E-state index contributed by atoms with van der Waals surface area (Å²) in [4.78, 5) is 36.0. The molecule has 0 spiro atoms. The number of fused-ring (bicyclic) bond motifs is 1. The molecule has 2 aromatic heterocycles. The molecule has 3 rings (SSSR count). The lowest BCUT2D eigenvalue weighted by Gasteiger charge is -2.16. The molecular weight excluding hydrogens is 401 g/mol. The van der Waals surface area contributed by atoms with Crippen molar-refractivity contribution in [1.29, 1.82) is 0 Å². The van der Waals surface area contributed by atoms with E-state index in [4.69, 9.17) is 11.6 Å². The number of aromatic nitrogens is 3. The van der Waals surface area contributed by atoms with Gasteiger partial charge in [0, 0.05) is 38.3 Å². The molecule has 0 fully saturated rings. The Morgan fingerprint density at radius 1 is 1.38 bits per heavy atom. The highest BCUT2D eigenvalue weighted by Gasteiger charge is 2.28. The van der Waals surface area contributed by atoms with E-state index in [0.29, 0.717) is 23.2 Å². The average molecular weight is 422 g/mol. The lowest BCUT2D eigenvalue weighted by molar-refractivity contribution is -0.122. The second-order valence-electron chi connectivity index (χ2n) is 6.53. The zero-order valence-electron chi connectivity index (χ0n) is 15.9. The summed E-state index contributed by atoms with van der Waals surface area (Å²) in [6, 6.07) is 1.01. The normalized spacial score (nSPS) is 15.8. The third kappa shape index (κ3) is 4.89. The van der Waals surface area contributed by atoms with Gasteiger partial charge in [-0.1, -0.05) is 11.6 Å². The van der Waals surface area contributed by atoms with Crippen LogP contribution in [0.15, 0.2) is 18.5 Å². The van der Waals surface area contributed by atoms with Crippen molar-refractivity contribution in [3.63, 3.8) is 0 Å². The Kier molecular flexibility index (Phi) is 6.42. The zero-order valence-corrected chi connectivity index (χ0v) is 16.7. The minimum absolute atomic E-state index is 0.0765. The van der Waals surface area contributed by atoms with E-state index in [9.17, 15) is 14.0 Å². The summed E-state index contributed by atoms with van der Waals surface area (Å²) in [5, 5.41) is 11.5. The van der Waals surface area contributed by atoms with Gasteiger partial charge in [0.1, 0.15) is 17.7 Å². The quantitative estimate of drug-likeness (QED) is 0.531. The Morgan fingerprint density at radius 2 is 2.17 bits per heavy atom. The van der Waals surface area contributed by atoms with Crippen LogP contribution >= 0.6 is 11.6 Å². The maximum absolute atomic E-state index is 14.2. The molecule has 0 radical (unpaired) electrons. The summed E-state index contributed by atoms with van der Waals surface area (Å²) in [6.45, 7) is 2.26. The van der Waals surface area contributed by atoms with Crippen LogP contribution in [0, 0.1) is 5.82 Å². The number of anilines is 2. The van der Waals surface area contributed by atoms with Crippen LogP contribution < -0.4 is 21.3 Å². The third-order valence-electron chi connectivity index (χ3n) is 4.48. The van der Waals surface area contributed by atoms with Crippen molar-refractivity contribution in [2.45, 2.75) is 25.3 Å². The molecular formula is C18H21ClFN7O2.